The molecule has 8 heteroatoms. The SMILES string of the molecule is CNC(=O)Cn1cc(NC(=O)C2CC(OC)CN2)cn1. The zero-order valence-electron chi connectivity index (χ0n) is 11.5. The van der Waals surface area contributed by atoms with Crippen LogP contribution in [-0.2, 0) is 20.9 Å². The number of nitrogens with one attached hydrogen (secondary N) is 3. The first-order valence-electron chi connectivity index (χ1n) is 6.42. The van der Waals surface area contributed by atoms with Crippen LogP contribution in [0, 0.1) is 0 Å². The van der Waals surface area contributed by atoms with Crippen LogP contribution in [-0.4, -0.2) is 54.4 Å². The molecular weight excluding hydrogens is 262 g/mol. The zero-order valence-corrected chi connectivity index (χ0v) is 11.5. The minimum absolute atomic E-state index is 0.0710. The highest BCUT2D eigenvalue weighted by atomic mass is 16.5. The summed E-state index contributed by atoms with van der Waals surface area (Å²) >= 11 is 0. The van der Waals surface area contributed by atoms with E-state index in [4.69, 9.17) is 4.74 Å². The lowest BCUT2D eigenvalue weighted by Gasteiger charge is -2.09. The van der Waals surface area contributed by atoms with Crippen LogP contribution < -0.4 is 16.0 Å². The fraction of sp³-hybridized carbons (Fsp3) is 0.583. The van der Waals surface area contributed by atoms with Gasteiger partial charge in [-0.15, -0.1) is 0 Å². The fourth-order valence-electron chi connectivity index (χ4n) is 2.05. The van der Waals surface area contributed by atoms with Crippen molar-refractivity contribution in [2.75, 3.05) is 26.0 Å². The molecule has 1 fully saturated rings. The molecule has 2 heterocycles. The highest BCUT2D eigenvalue weighted by molar-refractivity contribution is 5.94. The van der Waals surface area contributed by atoms with E-state index in [9.17, 15) is 9.59 Å². The Bertz CT molecular complexity index is 487. The van der Waals surface area contributed by atoms with Gasteiger partial charge >= 0.3 is 0 Å². The lowest BCUT2D eigenvalue weighted by molar-refractivity contribution is -0.121. The molecule has 1 aromatic rings. The lowest BCUT2D eigenvalue weighted by atomic mass is 10.2. The van der Waals surface area contributed by atoms with Crippen LogP contribution in [0.2, 0.25) is 0 Å². The van der Waals surface area contributed by atoms with Gasteiger partial charge in [-0.25, -0.2) is 0 Å². The smallest absolute Gasteiger partial charge is 0.241 e. The quantitative estimate of drug-likeness (QED) is 0.639. The van der Waals surface area contributed by atoms with Crippen molar-refractivity contribution in [3.63, 3.8) is 0 Å². The molecule has 0 radical (unpaired) electrons. The van der Waals surface area contributed by atoms with Gasteiger partial charge < -0.3 is 20.7 Å². The summed E-state index contributed by atoms with van der Waals surface area (Å²) in [7, 11) is 3.20. The van der Waals surface area contributed by atoms with Gasteiger partial charge in [-0.3, -0.25) is 14.3 Å². The molecule has 2 unspecified atom stereocenters. The topological polar surface area (TPSA) is 97.3 Å². The number of ether oxygens (including phenoxy) is 1. The van der Waals surface area contributed by atoms with Gasteiger partial charge in [-0.2, -0.15) is 5.10 Å². The zero-order chi connectivity index (χ0) is 14.5. The number of likely N-dealkylation sites (N-methyl/N-ethyl adjacent to an activating group) is 1. The Balaban J connectivity index is 1.87. The molecule has 1 aliphatic rings. The molecule has 2 rings (SSSR count). The molecule has 2 amide bonds. The molecule has 8 nitrogen and oxygen atoms in total. The number of carbonyl (C=O) groups excluding carboxylic acids is 2. The normalized spacial score (nSPS) is 21.7. The monoisotopic (exact) mass is 281 g/mol. The molecule has 0 spiro atoms. The van der Waals surface area contributed by atoms with Crippen molar-refractivity contribution in [3.05, 3.63) is 12.4 Å². The summed E-state index contributed by atoms with van der Waals surface area (Å²) in [6.45, 7) is 0.796. The minimum atomic E-state index is -0.262. The molecular formula is C12H19N5O3. The van der Waals surface area contributed by atoms with Crippen LogP contribution in [0.15, 0.2) is 12.4 Å². The third-order valence-corrected chi connectivity index (χ3v) is 3.23. The third-order valence-electron chi connectivity index (χ3n) is 3.23. The first-order valence-corrected chi connectivity index (χ1v) is 6.42. The molecule has 3 N–H and O–H groups in total. The van der Waals surface area contributed by atoms with Gasteiger partial charge in [0.1, 0.15) is 6.54 Å². The number of nitrogens with zero attached hydrogens (tertiary/aromatic N) is 2. The van der Waals surface area contributed by atoms with Gasteiger partial charge in [0.05, 0.1) is 24.0 Å². The largest absolute Gasteiger partial charge is 0.380 e. The van der Waals surface area contributed by atoms with Crippen LogP contribution in [0.5, 0.6) is 0 Å². The number of hydrogen-bond acceptors (Lipinski definition) is 5. The lowest BCUT2D eigenvalue weighted by Crippen LogP contribution is -2.35. The number of methoxy groups -OCH3 is 1. The average Bonchev–Trinajstić information content (AvgIpc) is 3.07. The highest BCUT2D eigenvalue weighted by Gasteiger charge is 2.29. The van der Waals surface area contributed by atoms with Gasteiger partial charge in [0, 0.05) is 26.9 Å². The van der Waals surface area contributed by atoms with E-state index in [0.29, 0.717) is 18.7 Å². The van der Waals surface area contributed by atoms with Gasteiger partial charge in [0.25, 0.3) is 0 Å². The maximum absolute atomic E-state index is 12.0. The molecule has 0 aliphatic carbocycles. The van der Waals surface area contributed by atoms with Crippen molar-refractivity contribution in [1.82, 2.24) is 20.4 Å². The Morgan fingerprint density at radius 2 is 2.40 bits per heavy atom. The summed E-state index contributed by atoms with van der Waals surface area (Å²) in [5.41, 5.74) is 0.571. The first-order chi connectivity index (χ1) is 9.62. The summed E-state index contributed by atoms with van der Waals surface area (Å²) < 4.78 is 6.67. The molecule has 20 heavy (non-hydrogen) atoms. The van der Waals surface area contributed by atoms with Gasteiger partial charge in [0.2, 0.25) is 11.8 Å². The van der Waals surface area contributed by atoms with Gasteiger partial charge in [-0.1, -0.05) is 0 Å². The van der Waals surface area contributed by atoms with Crippen molar-refractivity contribution in [3.8, 4) is 0 Å². The van der Waals surface area contributed by atoms with E-state index in [1.165, 1.54) is 10.9 Å². The Labute approximate surface area is 116 Å². The summed E-state index contributed by atoms with van der Waals surface area (Å²) in [6, 6.07) is -0.262. The predicted octanol–water partition coefficient (Wildman–Crippen LogP) is -1.06. The Morgan fingerprint density at radius 3 is 3.05 bits per heavy atom. The third kappa shape index (κ3) is 3.55. The van der Waals surface area contributed by atoms with E-state index in [-0.39, 0.29) is 30.5 Å². The molecule has 110 valence electrons. The van der Waals surface area contributed by atoms with E-state index in [1.54, 1.807) is 20.4 Å². The molecule has 0 aromatic carbocycles. The number of carbonyl (C=O) groups is 2. The fourth-order valence-corrected chi connectivity index (χ4v) is 2.05. The second kappa shape index (κ2) is 6.49. The van der Waals surface area contributed by atoms with Crippen LogP contribution >= 0.6 is 0 Å². The van der Waals surface area contributed by atoms with Crippen molar-refractivity contribution < 1.29 is 14.3 Å². The van der Waals surface area contributed by atoms with Gasteiger partial charge in [0.15, 0.2) is 0 Å². The van der Waals surface area contributed by atoms with E-state index in [2.05, 4.69) is 21.0 Å². The highest BCUT2D eigenvalue weighted by Crippen LogP contribution is 2.12. The number of aromatic nitrogens is 2. The molecule has 1 aromatic heterocycles. The predicted molar refractivity (Wildman–Crippen MR) is 72.1 cm³/mol. The Kier molecular flexibility index (Phi) is 4.70. The van der Waals surface area contributed by atoms with Crippen LogP contribution in [0.3, 0.4) is 0 Å². The summed E-state index contributed by atoms with van der Waals surface area (Å²) in [5, 5.41) is 12.4. The van der Waals surface area contributed by atoms with Crippen molar-refractivity contribution in [2.24, 2.45) is 0 Å². The average molecular weight is 281 g/mol. The van der Waals surface area contributed by atoms with Crippen molar-refractivity contribution >= 4 is 17.5 Å². The van der Waals surface area contributed by atoms with Crippen LogP contribution in [0.1, 0.15) is 6.42 Å². The van der Waals surface area contributed by atoms with Crippen LogP contribution in [0.4, 0.5) is 5.69 Å². The number of amides is 2. The maximum atomic E-state index is 12.0. The van der Waals surface area contributed by atoms with Crippen molar-refractivity contribution in [1.29, 1.82) is 0 Å². The molecule has 1 saturated heterocycles. The van der Waals surface area contributed by atoms with E-state index < -0.39 is 0 Å². The van der Waals surface area contributed by atoms with Crippen LogP contribution in [0.25, 0.3) is 0 Å². The number of rotatable bonds is 5. The number of hydrogen-bond donors (Lipinski definition) is 3. The van der Waals surface area contributed by atoms with E-state index >= 15 is 0 Å². The van der Waals surface area contributed by atoms with E-state index in [0.717, 1.165) is 0 Å². The Morgan fingerprint density at radius 1 is 1.60 bits per heavy atom. The number of anilines is 1. The summed E-state index contributed by atoms with van der Waals surface area (Å²) in [6.07, 6.45) is 3.86. The van der Waals surface area contributed by atoms with Crippen molar-refractivity contribution in [2.45, 2.75) is 25.1 Å². The second-order valence-electron chi connectivity index (χ2n) is 4.64. The second-order valence-corrected chi connectivity index (χ2v) is 4.64. The molecule has 0 saturated carbocycles. The maximum Gasteiger partial charge on any atom is 0.241 e. The Hall–Kier alpha value is -1.93. The standard InChI is InChI=1S/C12H19N5O3/c1-13-11(18)7-17-6-8(4-15-17)16-12(19)10-3-9(20-2)5-14-10/h4,6,9-10,14H,3,5,7H2,1-2H3,(H,13,18)(H,16,19). The molecule has 2 atom stereocenters. The van der Waals surface area contributed by atoms with E-state index in [1.807, 2.05) is 0 Å². The first kappa shape index (κ1) is 14.5. The minimum Gasteiger partial charge on any atom is -0.380 e. The molecule has 1 aliphatic heterocycles. The van der Waals surface area contributed by atoms with Gasteiger partial charge in [-0.05, 0) is 6.42 Å². The molecule has 0 bridgehead atoms. The summed E-state index contributed by atoms with van der Waals surface area (Å²) in [5.74, 6) is -0.268. The summed E-state index contributed by atoms with van der Waals surface area (Å²) in [4.78, 5) is 23.2.